The Morgan fingerprint density at radius 3 is 3.06 bits per heavy atom. The lowest BCUT2D eigenvalue weighted by Gasteiger charge is -2.27. The fourth-order valence-electron chi connectivity index (χ4n) is 2.11. The summed E-state index contributed by atoms with van der Waals surface area (Å²) in [4.78, 5) is 0. The van der Waals surface area contributed by atoms with E-state index in [4.69, 9.17) is 16.3 Å². The van der Waals surface area contributed by atoms with Crippen LogP contribution in [0.3, 0.4) is 0 Å². The highest BCUT2D eigenvalue weighted by molar-refractivity contribution is 6.32. The highest BCUT2D eigenvalue weighted by Crippen LogP contribution is 2.34. The number of hydrogen-bond acceptors (Lipinski definition) is 3. The SMILES string of the molecule is CNCC1CCc2cc(OC)c(Cl)cc2N1. The van der Waals surface area contributed by atoms with E-state index in [1.54, 1.807) is 7.11 Å². The van der Waals surface area contributed by atoms with Gasteiger partial charge in [0.05, 0.1) is 12.1 Å². The predicted octanol–water partition coefficient (Wildman–Crippen LogP) is 2.29. The van der Waals surface area contributed by atoms with Gasteiger partial charge in [-0.05, 0) is 37.6 Å². The van der Waals surface area contributed by atoms with Gasteiger partial charge >= 0.3 is 0 Å². The van der Waals surface area contributed by atoms with Crippen LogP contribution in [0.1, 0.15) is 12.0 Å². The Hall–Kier alpha value is -0.930. The number of nitrogens with one attached hydrogen (secondary N) is 2. The third-order valence-corrected chi connectivity index (χ3v) is 3.25. The van der Waals surface area contributed by atoms with Gasteiger partial charge in [0.15, 0.2) is 0 Å². The highest BCUT2D eigenvalue weighted by Gasteiger charge is 2.18. The number of anilines is 1. The monoisotopic (exact) mass is 240 g/mol. The van der Waals surface area contributed by atoms with E-state index < -0.39 is 0 Å². The minimum atomic E-state index is 0.488. The zero-order chi connectivity index (χ0) is 11.5. The van der Waals surface area contributed by atoms with Gasteiger partial charge in [-0.1, -0.05) is 11.6 Å². The third-order valence-electron chi connectivity index (χ3n) is 2.95. The number of hydrogen-bond donors (Lipinski definition) is 2. The summed E-state index contributed by atoms with van der Waals surface area (Å²) in [5, 5.41) is 7.34. The average molecular weight is 241 g/mol. The summed E-state index contributed by atoms with van der Waals surface area (Å²) in [5.41, 5.74) is 2.42. The molecule has 0 bridgehead atoms. The molecule has 1 aromatic rings. The van der Waals surface area contributed by atoms with Gasteiger partial charge in [0.2, 0.25) is 0 Å². The van der Waals surface area contributed by atoms with Crippen LogP contribution in [0.2, 0.25) is 5.02 Å². The minimum Gasteiger partial charge on any atom is -0.495 e. The van der Waals surface area contributed by atoms with Crippen molar-refractivity contribution in [2.45, 2.75) is 18.9 Å². The molecule has 0 aliphatic carbocycles. The van der Waals surface area contributed by atoms with E-state index in [1.807, 2.05) is 19.2 Å². The molecule has 1 aromatic carbocycles. The molecular weight excluding hydrogens is 224 g/mol. The highest BCUT2D eigenvalue weighted by atomic mass is 35.5. The van der Waals surface area contributed by atoms with Crippen LogP contribution >= 0.6 is 11.6 Å². The predicted molar refractivity (Wildman–Crippen MR) is 67.7 cm³/mol. The van der Waals surface area contributed by atoms with Gasteiger partial charge in [0, 0.05) is 18.3 Å². The molecule has 0 amide bonds. The fraction of sp³-hybridized carbons (Fsp3) is 0.500. The molecule has 88 valence electrons. The summed E-state index contributed by atoms with van der Waals surface area (Å²) >= 11 is 6.11. The number of aryl methyl sites for hydroxylation is 1. The van der Waals surface area contributed by atoms with E-state index in [0.29, 0.717) is 11.1 Å². The summed E-state index contributed by atoms with van der Waals surface area (Å²) in [7, 11) is 3.62. The molecule has 1 aliphatic heterocycles. The molecule has 0 radical (unpaired) electrons. The Kier molecular flexibility index (Phi) is 3.56. The number of likely N-dealkylation sites (N-methyl/N-ethyl adjacent to an activating group) is 1. The van der Waals surface area contributed by atoms with Crippen molar-refractivity contribution in [3.63, 3.8) is 0 Å². The van der Waals surface area contributed by atoms with Crippen molar-refractivity contribution in [2.24, 2.45) is 0 Å². The Morgan fingerprint density at radius 2 is 2.38 bits per heavy atom. The Balaban J connectivity index is 2.22. The minimum absolute atomic E-state index is 0.488. The van der Waals surface area contributed by atoms with E-state index in [0.717, 1.165) is 30.8 Å². The van der Waals surface area contributed by atoms with Crippen molar-refractivity contribution in [3.8, 4) is 5.75 Å². The molecule has 1 heterocycles. The molecule has 0 saturated heterocycles. The molecular formula is C12H17ClN2O. The molecule has 1 aliphatic rings. The normalized spacial score (nSPS) is 18.8. The molecule has 1 atom stereocenters. The molecule has 0 aromatic heterocycles. The zero-order valence-corrected chi connectivity index (χ0v) is 10.4. The third kappa shape index (κ3) is 2.25. The molecule has 3 nitrogen and oxygen atoms in total. The van der Waals surface area contributed by atoms with Gasteiger partial charge in [0.1, 0.15) is 5.75 Å². The maximum absolute atomic E-state index is 6.11. The first-order valence-corrected chi connectivity index (χ1v) is 5.90. The van der Waals surface area contributed by atoms with Crippen molar-refractivity contribution >= 4 is 17.3 Å². The summed E-state index contributed by atoms with van der Waals surface area (Å²) in [6, 6.07) is 4.47. The van der Waals surface area contributed by atoms with E-state index in [9.17, 15) is 0 Å². The lowest BCUT2D eigenvalue weighted by molar-refractivity contribution is 0.414. The van der Waals surface area contributed by atoms with E-state index in [-0.39, 0.29) is 0 Å². The van der Waals surface area contributed by atoms with Gasteiger partial charge in [-0.3, -0.25) is 0 Å². The number of halogens is 1. The summed E-state index contributed by atoms with van der Waals surface area (Å²) in [6.45, 7) is 0.975. The van der Waals surface area contributed by atoms with Crippen LogP contribution in [-0.4, -0.2) is 26.7 Å². The van der Waals surface area contributed by atoms with Gasteiger partial charge in [-0.2, -0.15) is 0 Å². The van der Waals surface area contributed by atoms with E-state index >= 15 is 0 Å². The van der Waals surface area contributed by atoms with Crippen molar-refractivity contribution in [2.75, 3.05) is 26.0 Å². The molecule has 0 fully saturated rings. The Bertz CT molecular complexity index is 382. The quantitative estimate of drug-likeness (QED) is 0.851. The number of rotatable bonds is 3. The first kappa shape index (κ1) is 11.6. The first-order chi connectivity index (χ1) is 7.74. The molecule has 16 heavy (non-hydrogen) atoms. The lowest BCUT2D eigenvalue weighted by atomic mass is 9.98. The van der Waals surface area contributed by atoms with Crippen molar-refractivity contribution < 1.29 is 4.74 Å². The van der Waals surface area contributed by atoms with Gasteiger partial charge in [-0.15, -0.1) is 0 Å². The van der Waals surface area contributed by atoms with Crippen LogP contribution in [0.4, 0.5) is 5.69 Å². The van der Waals surface area contributed by atoms with Crippen molar-refractivity contribution in [3.05, 3.63) is 22.7 Å². The second-order valence-corrected chi connectivity index (χ2v) is 4.49. The maximum Gasteiger partial charge on any atom is 0.137 e. The van der Waals surface area contributed by atoms with E-state index in [2.05, 4.69) is 10.6 Å². The van der Waals surface area contributed by atoms with E-state index in [1.165, 1.54) is 5.56 Å². The number of benzene rings is 1. The average Bonchev–Trinajstić information content (AvgIpc) is 2.28. The van der Waals surface area contributed by atoms with Gasteiger partial charge < -0.3 is 15.4 Å². The van der Waals surface area contributed by atoms with Crippen LogP contribution < -0.4 is 15.4 Å². The smallest absolute Gasteiger partial charge is 0.137 e. The maximum atomic E-state index is 6.11. The van der Waals surface area contributed by atoms with Gasteiger partial charge in [0.25, 0.3) is 0 Å². The van der Waals surface area contributed by atoms with Crippen LogP contribution in [-0.2, 0) is 6.42 Å². The standard InChI is InChI=1S/C12H17ClN2O/c1-14-7-9-4-3-8-5-12(16-2)10(13)6-11(8)15-9/h5-6,9,14-15H,3-4,7H2,1-2H3. The molecule has 0 spiro atoms. The van der Waals surface area contributed by atoms with Crippen LogP contribution in [0.25, 0.3) is 0 Å². The van der Waals surface area contributed by atoms with Crippen LogP contribution in [0.5, 0.6) is 5.75 Å². The molecule has 1 unspecified atom stereocenters. The van der Waals surface area contributed by atoms with Crippen LogP contribution in [0, 0.1) is 0 Å². The molecule has 0 saturated carbocycles. The lowest BCUT2D eigenvalue weighted by Crippen LogP contribution is -2.34. The van der Waals surface area contributed by atoms with Crippen molar-refractivity contribution in [1.82, 2.24) is 5.32 Å². The number of ether oxygens (including phenoxy) is 1. The summed E-state index contributed by atoms with van der Waals surface area (Å²) in [6.07, 6.45) is 2.21. The van der Waals surface area contributed by atoms with Crippen molar-refractivity contribution in [1.29, 1.82) is 0 Å². The van der Waals surface area contributed by atoms with Crippen LogP contribution in [0.15, 0.2) is 12.1 Å². The second kappa shape index (κ2) is 4.93. The first-order valence-electron chi connectivity index (χ1n) is 5.52. The molecule has 2 rings (SSSR count). The second-order valence-electron chi connectivity index (χ2n) is 4.08. The fourth-order valence-corrected chi connectivity index (χ4v) is 2.36. The number of methoxy groups -OCH3 is 1. The Morgan fingerprint density at radius 1 is 1.56 bits per heavy atom. The summed E-state index contributed by atoms with van der Waals surface area (Å²) < 4.78 is 5.21. The largest absolute Gasteiger partial charge is 0.495 e. The molecule has 4 heteroatoms. The van der Waals surface area contributed by atoms with Gasteiger partial charge in [-0.25, -0.2) is 0 Å². The Labute approximate surface area is 101 Å². The number of fused-ring (bicyclic) bond motifs is 1. The summed E-state index contributed by atoms with van der Waals surface area (Å²) in [5.74, 6) is 0.759. The topological polar surface area (TPSA) is 33.3 Å². The zero-order valence-electron chi connectivity index (χ0n) is 9.64. The molecule has 2 N–H and O–H groups in total.